The van der Waals surface area contributed by atoms with E-state index in [2.05, 4.69) is 5.32 Å². The minimum absolute atomic E-state index is 0.0100. The summed E-state index contributed by atoms with van der Waals surface area (Å²) in [6.07, 6.45) is 1.33. The Morgan fingerprint density at radius 2 is 1.78 bits per heavy atom. The number of halogens is 1. The van der Waals surface area contributed by atoms with Crippen molar-refractivity contribution in [1.82, 2.24) is 4.31 Å². The number of sulfonamides is 1. The molecule has 7 nitrogen and oxygen atoms in total. The Kier molecular flexibility index (Phi) is 6.05. The van der Waals surface area contributed by atoms with Crippen molar-refractivity contribution in [1.29, 1.82) is 0 Å². The molecule has 0 aliphatic carbocycles. The van der Waals surface area contributed by atoms with Crippen molar-refractivity contribution in [3.63, 3.8) is 0 Å². The fourth-order valence-electron chi connectivity index (χ4n) is 4.55. The van der Waals surface area contributed by atoms with E-state index >= 15 is 0 Å². The van der Waals surface area contributed by atoms with Gasteiger partial charge in [-0.2, -0.15) is 4.31 Å². The zero-order valence-electron chi connectivity index (χ0n) is 18.0. The van der Waals surface area contributed by atoms with E-state index in [9.17, 15) is 22.4 Å². The normalized spacial score (nSPS) is 19.6. The summed E-state index contributed by atoms with van der Waals surface area (Å²) in [4.78, 5) is 26.3. The molecular weight excluding hydrogens is 433 g/mol. The van der Waals surface area contributed by atoms with Gasteiger partial charge in [0, 0.05) is 37.7 Å². The fourth-order valence-corrected chi connectivity index (χ4v) is 6.07. The first kappa shape index (κ1) is 22.4. The summed E-state index contributed by atoms with van der Waals surface area (Å²) in [5, 5.41) is 2.60. The molecule has 0 saturated carbocycles. The number of hydrogen-bond donors (Lipinski definition) is 1. The molecule has 0 spiro atoms. The number of anilines is 2. The van der Waals surface area contributed by atoms with Gasteiger partial charge in [-0.3, -0.25) is 9.59 Å². The first-order valence-corrected chi connectivity index (χ1v) is 12.1. The lowest BCUT2D eigenvalue weighted by molar-refractivity contribution is -0.121. The van der Waals surface area contributed by atoms with Crippen LogP contribution in [0.15, 0.2) is 47.4 Å². The molecule has 1 atom stereocenters. The van der Waals surface area contributed by atoms with Crippen LogP contribution in [-0.4, -0.2) is 43.7 Å². The van der Waals surface area contributed by atoms with E-state index in [1.165, 1.54) is 23.4 Å². The molecule has 1 saturated heterocycles. The Hall–Kier alpha value is -2.78. The number of nitrogens with zero attached hydrogens (tertiary/aromatic N) is 2. The van der Waals surface area contributed by atoms with Crippen molar-refractivity contribution in [3.05, 3.63) is 53.8 Å². The van der Waals surface area contributed by atoms with E-state index < -0.39 is 15.8 Å². The van der Waals surface area contributed by atoms with Crippen LogP contribution in [0.3, 0.4) is 0 Å². The average molecular weight is 460 g/mol. The Labute approximate surface area is 187 Å². The second-order valence-electron chi connectivity index (χ2n) is 8.38. The Balaban J connectivity index is 1.43. The van der Waals surface area contributed by atoms with Gasteiger partial charge in [0.1, 0.15) is 5.82 Å². The highest BCUT2D eigenvalue weighted by molar-refractivity contribution is 7.89. The first-order valence-electron chi connectivity index (χ1n) is 10.7. The molecule has 2 aliphatic heterocycles. The number of rotatable bonds is 4. The van der Waals surface area contributed by atoms with Gasteiger partial charge in [-0.25, -0.2) is 12.8 Å². The van der Waals surface area contributed by atoms with Crippen LogP contribution < -0.4 is 10.2 Å². The third-order valence-electron chi connectivity index (χ3n) is 6.20. The quantitative estimate of drug-likeness (QED) is 0.761. The molecular formula is C23H26FN3O4S. The highest BCUT2D eigenvalue weighted by Gasteiger charge is 2.34. The second-order valence-corrected chi connectivity index (χ2v) is 10.3. The van der Waals surface area contributed by atoms with Gasteiger partial charge in [-0.05, 0) is 62.1 Å². The lowest BCUT2D eigenvalue weighted by Gasteiger charge is -2.30. The summed E-state index contributed by atoms with van der Waals surface area (Å²) < 4.78 is 41.6. The number of benzene rings is 2. The van der Waals surface area contributed by atoms with Gasteiger partial charge < -0.3 is 10.2 Å². The Bertz CT molecular complexity index is 1160. The Morgan fingerprint density at radius 1 is 1.09 bits per heavy atom. The maximum Gasteiger partial charge on any atom is 0.243 e. The molecule has 2 heterocycles. The SMILES string of the molecule is CC(=O)N1c2ccc(S(=O)(=O)N3CCC(C(=O)Nc4ccccc4F)CC3)cc2CC1C. The smallest absolute Gasteiger partial charge is 0.243 e. The summed E-state index contributed by atoms with van der Waals surface area (Å²) >= 11 is 0. The zero-order valence-corrected chi connectivity index (χ0v) is 18.9. The largest absolute Gasteiger partial charge is 0.323 e. The van der Waals surface area contributed by atoms with Gasteiger partial charge in [0.2, 0.25) is 21.8 Å². The van der Waals surface area contributed by atoms with Crippen LogP contribution in [0.5, 0.6) is 0 Å². The van der Waals surface area contributed by atoms with Crippen molar-refractivity contribution < 1.29 is 22.4 Å². The van der Waals surface area contributed by atoms with Gasteiger partial charge in [0.25, 0.3) is 0 Å². The molecule has 9 heteroatoms. The third-order valence-corrected chi connectivity index (χ3v) is 8.09. The van der Waals surface area contributed by atoms with E-state index in [1.54, 1.807) is 35.2 Å². The van der Waals surface area contributed by atoms with Crippen LogP contribution in [0.2, 0.25) is 0 Å². The highest BCUT2D eigenvalue weighted by atomic mass is 32.2. The van der Waals surface area contributed by atoms with Gasteiger partial charge in [0.05, 0.1) is 10.6 Å². The van der Waals surface area contributed by atoms with Gasteiger partial charge in [-0.15, -0.1) is 0 Å². The third kappa shape index (κ3) is 4.14. The molecule has 2 aromatic rings. The van der Waals surface area contributed by atoms with Crippen LogP contribution in [0, 0.1) is 11.7 Å². The van der Waals surface area contributed by atoms with Gasteiger partial charge in [-0.1, -0.05) is 12.1 Å². The summed E-state index contributed by atoms with van der Waals surface area (Å²) in [7, 11) is -3.72. The summed E-state index contributed by atoms with van der Waals surface area (Å²) in [5.41, 5.74) is 1.72. The van der Waals surface area contributed by atoms with E-state index in [-0.39, 0.29) is 47.4 Å². The number of carbonyl (C=O) groups excluding carboxylic acids is 2. The molecule has 0 aromatic heterocycles. The second kappa shape index (κ2) is 8.63. The number of amides is 2. The van der Waals surface area contributed by atoms with E-state index in [0.29, 0.717) is 19.3 Å². The van der Waals surface area contributed by atoms with Crippen LogP contribution in [0.25, 0.3) is 0 Å². The van der Waals surface area contributed by atoms with Crippen molar-refractivity contribution in [2.24, 2.45) is 5.92 Å². The van der Waals surface area contributed by atoms with Crippen molar-refractivity contribution in [2.75, 3.05) is 23.3 Å². The summed E-state index contributed by atoms with van der Waals surface area (Å²) in [6.45, 7) is 3.87. The topological polar surface area (TPSA) is 86.8 Å². The molecule has 2 aromatic carbocycles. The predicted molar refractivity (Wildman–Crippen MR) is 119 cm³/mol. The van der Waals surface area contributed by atoms with Gasteiger partial charge >= 0.3 is 0 Å². The fraction of sp³-hybridized carbons (Fsp3) is 0.391. The lowest BCUT2D eigenvalue weighted by Crippen LogP contribution is -2.41. The maximum atomic E-state index is 13.8. The van der Waals surface area contributed by atoms with Crippen LogP contribution in [0.1, 0.15) is 32.3 Å². The molecule has 0 bridgehead atoms. The maximum absolute atomic E-state index is 13.8. The highest BCUT2D eigenvalue weighted by Crippen LogP contribution is 2.35. The average Bonchev–Trinajstić information content (AvgIpc) is 3.10. The monoisotopic (exact) mass is 459 g/mol. The minimum atomic E-state index is -3.72. The van der Waals surface area contributed by atoms with Crippen LogP contribution in [-0.2, 0) is 26.0 Å². The van der Waals surface area contributed by atoms with E-state index in [4.69, 9.17) is 0 Å². The summed E-state index contributed by atoms with van der Waals surface area (Å²) in [6, 6.07) is 10.8. The molecule has 1 unspecified atom stereocenters. The molecule has 4 rings (SSSR count). The molecule has 2 aliphatic rings. The number of carbonyl (C=O) groups is 2. The number of piperidine rings is 1. The molecule has 2 amide bonds. The molecule has 1 N–H and O–H groups in total. The predicted octanol–water partition coefficient (Wildman–Crippen LogP) is 3.16. The minimum Gasteiger partial charge on any atom is -0.323 e. The first-order chi connectivity index (χ1) is 15.2. The number of hydrogen-bond acceptors (Lipinski definition) is 4. The molecule has 170 valence electrons. The van der Waals surface area contributed by atoms with Crippen LogP contribution in [0.4, 0.5) is 15.8 Å². The molecule has 1 fully saturated rings. The standard InChI is InChI=1S/C23H26FN3O4S/c1-15-13-18-14-19(7-8-22(18)27(15)16(2)28)32(30,31)26-11-9-17(10-12-26)23(29)25-21-6-4-3-5-20(21)24/h3-8,14-15,17H,9-13H2,1-2H3,(H,25,29). The van der Waals surface area contributed by atoms with E-state index in [0.717, 1.165) is 11.3 Å². The number of nitrogens with one attached hydrogen (secondary N) is 1. The van der Waals surface area contributed by atoms with E-state index in [1.807, 2.05) is 6.92 Å². The van der Waals surface area contributed by atoms with Crippen LogP contribution >= 0.6 is 0 Å². The number of para-hydroxylation sites is 1. The van der Waals surface area contributed by atoms with Gasteiger partial charge in [0.15, 0.2) is 0 Å². The lowest BCUT2D eigenvalue weighted by atomic mass is 9.97. The van der Waals surface area contributed by atoms with Crippen molar-refractivity contribution >= 4 is 33.2 Å². The zero-order chi connectivity index (χ0) is 23.0. The number of fused-ring (bicyclic) bond motifs is 1. The van der Waals surface area contributed by atoms with Crippen molar-refractivity contribution in [2.45, 2.75) is 44.0 Å². The van der Waals surface area contributed by atoms with Crippen molar-refractivity contribution in [3.8, 4) is 0 Å². The molecule has 32 heavy (non-hydrogen) atoms. The molecule has 0 radical (unpaired) electrons. The Morgan fingerprint density at radius 3 is 2.44 bits per heavy atom. The summed E-state index contributed by atoms with van der Waals surface area (Å²) in [5.74, 6) is -1.26.